The predicted molar refractivity (Wildman–Crippen MR) is 78.5 cm³/mol. The number of ether oxygens (including phenoxy) is 2. The number of hydrogen-bond acceptors (Lipinski definition) is 2. The highest BCUT2D eigenvalue weighted by molar-refractivity contribution is 7.16. The SMILES string of the molecule is CCCC(CCC)(CCC)OC(CP)OCC. The van der Waals surface area contributed by atoms with E-state index in [-0.39, 0.29) is 11.9 Å². The van der Waals surface area contributed by atoms with Gasteiger partial charge in [-0.2, -0.15) is 0 Å². The van der Waals surface area contributed by atoms with Crippen molar-refractivity contribution in [3.8, 4) is 0 Å². The van der Waals surface area contributed by atoms with Crippen molar-refractivity contribution in [2.75, 3.05) is 12.8 Å². The van der Waals surface area contributed by atoms with E-state index in [1.54, 1.807) is 0 Å². The van der Waals surface area contributed by atoms with Gasteiger partial charge in [0.15, 0.2) is 6.29 Å². The first kappa shape index (κ1) is 17.4. The molecule has 0 fully saturated rings. The summed E-state index contributed by atoms with van der Waals surface area (Å²) in [5.74, 6) is 0. The monoisotopic (exact) mass is 262 g/mol. The average Bonchev–Trinajstić information content (AvgIpc) is 2.29. The zero-order valence-electron chi connectivity index (χ0n) is 12.1. The first-order valence-corrected chi connectivity index (χ1v) is 7.99. The molecule has 0 saturated heterocycles. The smallest absolute Gasteiger partial charge is 0.161 e. The molecule has 0 amide bonds. The predicted octanol–water partition coefficient (Wildman–Crippen LogP) is 4.38. The Morgan fingerprint density at radius 2 is 1.41 bits per heavy atom. The lowest BCUT2D eigenvalue weighted by molar-refractivity contribution is -0.205. The quantitative estimate of drug-likeness (QED) is 0.406. The van der Waals surface area contributed by atoms with Gasteiger partial charge in [-0.3, -0.25) is 0 Å². The van der Waals surface area contributed by atoms with Gasteiger partial charge in [0, 0.05) is 12.8 Å². The highest BCUT2D eigenvalue weighted by atomic mass is 31.0. The molecular formula is C14H31O2P. The van der Waals surface area contributed by atoms with Gasteiger partial charge in [-0.25, -0.2) is 0 Å². The van der Waals surface area contributed by atoms with E-state index in [9.17, 15) is 0 Å². The molecule has 0 aliphatic heterocycles. The normalized spacial score (nSPS) is 13.9. The molecule has 0 bridgehead atoms. The van der Waals surface area contributed by atoms with Crippen molar-refractivity contribution in [2.45, 2.75) is 78.1 Å². The van der Waals surface area contributed by atoms with E-state index in [1.807, 2.05) is 6.92 Å². The summed E-state index contributed by atoms with van der Waals surface area (Å²) in [6.45, 7) is 9.46. The second-order valence-corrected chi connectivity index (χ2v) is 5.14. The maximum absolute atomic E-state index is 6.31. The van der Waals surface area contributed by atoms with Crippen LogP contribution in [0.4, 0.5) is 0 Å². The summed E-state index contributed by atoms with van der Waals surface area (Å²) in [5, 5.41) is 0. The fraction of sp³-hybridized carbons (Fsp3) is 1.00. The maximum atomic E-state index is 6.31. The van der Waals surface area contributed by atoms with Crippen LogP contribution in [-0.2, 0) is 9.47 Å². The Morgan fingerprint density at radius 3 is 1.71 bits per heavy atom. The van der Waals surface area contributed by atoms with Crippen LogP contribution in [0.15, 0.2) is 0 Å². The molecule has 0 aliphatic carbocycles. The third-order valence-electron chi connectivity index (χ3n) is 3.04. The molecule has 0 saturated carbocycles. The standard InChI is InChI=1S/C14H31O2P/c1-5-9-14(10-6-2,11-7-3)16-13(12-17)15-8-4/h13H,5-12,17H2,1-4H3. The molecule has 104 valence electrons. The lowest BCUT2D eigenvalue weighted by atomic mass is 9.88. The minimum atomic E-state index is -0.0605. The van der Waals surface area contributed by atoms with Crippen LogP contribution in [0.2, 0.25) is 0 Å². The van der Waals surface area contributed by atoms with E-state index in [0.717, 1.165) is 32.0 Å². The van der Waals surface area contributed by atoms with Crippen molar-refractivity contribution >= 4 is 9.24 Å². The third kappa shape index (κ3) is 6.74. The number of rotatable bonds is 11. The maximum Gasteiger partial charge on any atom is 0.161 e. The van der Waals surface area contributed by atoms with Gasteiger partial charge in [0.25, 0.3) is 0 Å². The van der Waals surface area contributed by atoms with Gasteiger partial charge < -0.3 is 9.47 Å². The molecule has 0 aliphatic rings. The summed E-state index contributed by atoms with van der Waals surface area (Å²) in [6, 6.07) is 0. The van der Waals surface area contributed by atoms with E-state index >= 15 is 0 Å². The van der Waals surface area contributed by atoms with Crippen LogP contribution in [-0.4, -0.2) is 24.7 Å². The van der Waals surface area contributed by atoms with Crippen LogP contribution < -0.4 is 0 Å². The van der Waals surface area contributed by atoms with Crippen molar-refractivity contribution in [1.82, 2.24) is 0 Å². The Balaban J connectivity index is 4.59. The van der Waals surface area contributed by atoms with Crippen molar-refractivity contribution in [3.63, 3.8) is 0 Å². The second kappa shape index (κ2) is 10.3. The molecule has 17 heavy (non-hydrogen) atoms. The summed E-state index contributed by atoms with van der Waals surface area (Å²) in [7, 11) is 2.73. The van der Waals surface area contributed by atoms with Crippen LogP contribution in [0, 0.1) is 0 Å². The first-order valence-electron chi connectivity index (χ1n) is 7.17. The highest BCUT2D eigenvalue weighted by Gasteiger charge is 2.31. The minimum Gasteiger partial charge on any atom is -0.353 e. The Kier molecular flexibility index (Phi) is 10.5. The molecule has 0 aromatic rings. The Morgan fingerprint density at radius 1 is 0.941 bits per heavy atom. The molecule has 0 rings (SSSR count). The summed E-state index contributed by atoms with van der Waals surface area (Å²) in [6.07, 6.45) is 7.75. The van der Waals surface area contributed by atoms with E-state index in [4.69, 9.17) is 9.47 Å². The van der Waals surface area contributed by atoms with Crippen LogP contribution >= 0.6 is 9.24 Å². The molecule has 0 aromatic heterocycles. The summed E-state index contributed by atoms with van der Waals surface area (Å²) < 4.78 is 11.9. The van der Waals surface area contributed by atoms with Gasteiger partial charge in [-0.05, 0) is 26.2 Å². The van der Waals surface area contributed by atoms with Gasteiger partial charge in [0.1, 0.15) is 0 Å². The van der Waals surface area contributed by atoms with Gasteiger partial charge >= 0.3 is 0 Å². The van der Waals surface area contributed by atoms with E-state index in [0.29, 0.717) is 0 Å². The van der Waals surface area contributed by atoms with E-state index in [2.05, 4.69) is 30.0 Å². The molecule has 0 N–H and O–H groups in total. The fourth-order valence-electron chi connectivity index (χ4n) is 2.53. The minimum absolute atomic E-state index is 0.0364. The Bertz CT molecular complexity index is 157. The van der Waals surface area contributed by atoms with E-state index in [1.165, 1.54) is 19.3 Å². The molecule has 0 radical (unpaired) electrons. The topological polar surface area (TPSA) is 18.5 Å². The van der Waals surface area contributed by atoms with Gasteiger partial charge in [0.05, 0.1) is 5.60 Å². The summed E-state index contributed by atoms with van der Waals surface area (Å²) >= 11 is 0. The Hall–Kier alpha value is 0.350. The fourth-order valence-corrected chi connectivity index (χ4v) is 2.77. The average molecular weight is 262 g/mol. The third-order valence-corrected chi connectivity index (χ3v) is 3.43. The van der Waals surface area contributed by atoms with Crippen molar-refractivity contribution < 1.29 is 9.47 Å². The zero-order chi connectivity index (χ0) is 13.1. The molecule has 2 unspecified atom stereocenters. The lowest BCUT2D eigenvalue weighted by Crippen LogP contribution is -2.38. The highest BCUT2D eigenvalue weighted by Crippen LogP contribution is 2.31. The van der Waals surface area contributed by atoms with Crippen molar-refractivity contribution in [3.05, 3.63) is 0 Å². The van der Waals surface area contributed by atoms with Crippen LogP contribution in [0.5, 0.6) is 0 Å². The summed E-state index contributed by atoms with van der Waals surface area (Å²) in [5.41, 5.74) is 0.0364. The molecule has 0 aromatic carbocycles. The molecule has 3 heteroatoms. The number of hydrogen-bond donors (Lipinski definition) is 0. The first-order chi connectivity index (χ1) is 8.17. The van der Waals surface area contributed by atoms with Gasteiger partial charge in [-0.15, -0.1) is 9.24 Å². The van der Waals surface area contributed by atoms with Crippen LogP contribution in [0.25, 0.3) is 0 Å². The largest absolute Gasteiger partial charge is 0.353 e. The molecule has 0 heterocycles. The van der Waals surface area contributed by atoms with Gasteiger partial charge in [-0.1, -0.05) is 40.0 Å². The lowest BCUT2D eigenvalue weighted by Gasteiger charge is -2.37. The zero-order valence-corrected chi connectivity index (χ0v) is 13.3. The van der Waals surface area contributed by atoms with Crippen LogP contribution in [0.3, 0.4) is 0 Å². The van der Waals surface area contributed by atoms with Gasteiger partial charge in [0.2, 0.25) is 0 Å². The molecule has 2 nitrogen and oxygen atoms in total. The van der Waals surface area contributed by atoms with E-state index < -0.39 is 0 Å². The molecular weight excluding hydrogens is 231 g/mol. The molecule has 2 atom stereocenters. The second-order valence-electron chi connectivity index (χ2n) is 4.67. The molecule has 0 spiro atoms. The van der Waals surface area contributed by atoms with Crippen LogP contribution in [0.1, 0.15) is 66.2 Å². The summed E-state index contributed by atoms with van der Waals surface area (Å²) in [4.78, 5) is 0. The van der Waals surface area contributed by atoms with Crippen molar-refractivity contribution in [1.29, 1.82) is 0 Å². The van der Waals surface area contributed by atoms with Crippen molar-refractivity contribution in [2.24, 2.45) is 0 Å². The Labute approximate surface area is 110 Å².